The molecule has 1 atom stereocenters. The van der Waals surface area contributed by atoms with E-state index in [0.717, 1.165) is 6.42 Å². The first-order chi connectivity index (χ1) is 9.74. The van der Waals surface area contributed by atoms with Crippen LogP contribution in [-0.2, 0) is 4.74 Å². The van der Waals surface area contributed by atoms with Gasteiger partial charge in [0.15, 0.2) is 0 Å². The summed E-state index contributed by atoms with van der Waals surface area (Å²) >= 11 is 5.95. The van der Waals surface area contributed by atoms with Gasteiger partial charge in [-0.25, -0.2) is 0 Å². The summed E-state index contributed by atoms with van der Waals surface area (Å²) in [7, 11) is 0. The zero-order valence-corrected chi connectivity index (χ0v) is 12.3. The maximum Gasteiger partial charge on any atom is 0.138 e. The molecule has 0 bridgehead atoms. The van der Waals surface area contributed by atoms with Crippen molar-refractivity contribution in [1.82, 2.24) is 5.32 Å². The monoisotopic (exact) mass is 299 g/mol. The minimum Gasteiger partial charge on any atom is -0.489 e. The third-order valence-electron chi connectivity index (χ3n) is 2.54. The summed E-state index contributed by atoms with van der Waals surface area (Å²) < 4.78 is 10.8. The maximum atomic E-state index is 9.76. The molecule has 0 radical (unpaired) electrons. The molecule has 1 unspecified atom stereocenters. The number of aliphatic hydroxyl groups is 1. The van der Waals surface area contributed by atoms with Crippen LogP contribution in [0.15, 0.2) is 36.9 Å². The summed E-state index contributed by atoms with van der Waals surface area (Å²) in [6.07, 6.45) is 2.09. The predicted octanol–water partition coefficient (Wildman–Crippen LogP) is 2.26. The van der Waals surface area contributed by atoms with E-state index in [1.165, 1.54) is 0 Å². The van der Waals surface area contributed by atoms with E-state index in [-0.39, 0.29) is 6.61 Å². The van der Waals surface area contributed by atoms with E-state index in [2.05, 4.69) is 11.9 Å². The van der Waals surface area contributed by atoms with Crippen LogP contribution in [0.1, 0.15) is 6.42 Å². The molecule has 1 rings (SSSR count). The highest BCUT2D eigenvalue weighted by Gasteiger charge is 2.06. The van der Waals surface area contributed by atoms with Crippen molar-refractivity contribution in [3.8, 4) is 5.75 Å². The SMILES string of the molecule is C=CCCOCCNCC(O)COc1ccccc1Cl. The standard InChI is InChI=1S/C15H22ClNO3/c1-2-3-9-19-10-8-17-11-13(18)12-20-15-7-5-4-6-14(15)16/h2,4-7,13,17-18H,1,3,8-12H2. The van der Waals surface area contributed by atoms with Gasteiger partial charge < -0.3 is 19.9 Å². The van der Waals surface area contributed by atoms with Crippen LogP contribution in [-0.4, -0.2) is 44.1 Å². The van der Waals surface area contributed by atoms with E-state index in [0.29, 0.717) is 37.1 Å². The number of para-hydroxylation sites is 1. The van der Waals surface area contributed by atoms with E-state index in [4.69, 9.17) is 21.1 Å². The average Bonchev–Trinajstić information content (AvgIpc) is 2.45. The first kappa shape index (κ1) is 17.0. The Labute approximate surface area is 125 Å². The minimum absolute atomic E-state index is 0.202. The average molecular weight is 300 g/mol. The number of halogens is 1. The largest absolute Gasteiger partial charge is 0.489 e. The second kappa shape index (κ2) is 10.7. The van der Waals surface area contributed by atoms with Crippen molar-refractivity contribution in [1.29, 1.82) is 0 Å². The Bertz CT molecular complexity index is 387. The van der Waals surface area contributed by atoms with Crippen LogP contribution in [0, 0.1) is 0 Å². The fourth-order valence-electron chi connectivity index (χ4n) is 1.49. The Kier molecular flexibility index (Phi) is 9.07. The van der Waals surface area contributed by atoms with E-state index in [1.807, 2.05) is 18.2 Å². The molecule has 0 aliphatic heterocycles. The van der Waals surface area contributed by atoms with Crippen LogP contribution in [0.4, 0.5) is 0 Å². The summed E-state index contributed by atoms with van der Waals surface area (Å²) in [5.74, 6) is 0.584. The van der Waals surface area contributed by atoms with Gasteiger partial charge in [-0.15, -0.1) is 6.58 Å². The number of nitrogens with one attached hydrogen (secondary N) is 1. The number of hydrogen-bond acceptors (Lipinski definition) is 4. The number of benzene rings is 1. The van der Waals surface area contributed by atoms with Gasteiger partial charge in [0.1, 0.15) is 18.5 Å². The van der Waals surface area contributed by atoms with E-state index >= 15 is 0 Å². The first-order valence-corrected chi connectivity index (χ1v) is 7.06. The van der Waals surface area contributed by atoms with Gasteiger partial charge in [-0.1, -0.05) is 29.8 Å². The summed E-state index contributed by atoms with van der Waals surface area (Å²) in [6.45, 7) is 6.27. The fourth-order valence-corrected chi connectivity index (χ4v) is 1.68. The van der Waals surface area contributed by atoms with Crippen LogP contribution >= 0.6 is 11.6 Å². The van der Waals surface area contributed by atoms with Gasteiger partial charge in [0.25, 0.3) is 0 Å². The third-order valence-corrected chi connectivity index (χ3v) is 2.85. The normalized spacial score (nSPS) is 12.1. The van der Waals surface area contributed by atoms with E-state index in [9.17, 15) is 5.11 Å². The van der Waals surface area contributed by atoms with Gasteiger partial charge in [0.2, 0.25) is 0 Å². The predicted molar refractivity (Wildman–Crippen MR) is 81.5 cm³/mol. The highest BCUT2D eigenvalue weighted by atomic mass is 35.5. The van der Waals surface area contributed by atoms with Crippen molar-refractivity contribution in [2.24, 2.45) is 0 Å². The Morgan fingerprint density at radius 2 is 2.15 bits per heavy atom. The lowest BCUT2D eigenvalue weighted by molar-refractivity contribution is 0.0994. The molecule has 0 aliphatic carbocycles. The molecule has 0 aliphatic rings. The third kappa shape index (κ3) is 7.50. The molecule has 112 valence electrons. The summed E-state index contributed by atoms with van der Waals surface area (Å²) in [6, 6.07) is 7.20. The second-order valence-electron chi connectivity index (χ2n) is 4.29. The molecule has 4 nitrogen and oxygen atoms in total. The lowest BCUT2D eigenvalue weighted by Gasteiger charge is -2.14. The first-order valence-electron chi connectivity index (χ1n) is 6.68. The molecular formula is C15H22ClNO3. The molecule has 1 aromatic carbocycles. The zero-order valence-electron chi connectivity index (χ0n) is 11.6. The summed E-state index contributed by atoms with van der Waals surface area (Å²) in [5, 5.41) is 13.4. The molecule has 0 fully saturated rings. The summed E-state index contributed by atoms with van der Waals surface area (Å²) in [5.41, 5.74) is 0. The lowest BCUT2D eigenvalue weighted by Crippen LogP contribution is -2.33. The van der Waals surface area contributed by atoms with Gasteiger partial charge in [0, 0.05) is 13.1 Å². The van der Waals surface area contributed by atoms with E-state index in [1.54, 1.807) is 12.1 Å². The van der Waals surface area contributed by atoms with Crippen LogP contribution in [0.3, 0.4) is 0 Å². The van der Waals surface area contributed by atoms with Gasteiger partial charge in [-0.2, -0.15) is 0 Å². The van der Waals surface area contributed by atoms with Crippen molar-refractivity contribution < 1.29 is 14.6 Å². The fraction of sp³-hybridized carbons (Fsp3) is 0.467. The van der Waals surface area contributed by atoms with Crippen LogP contribution in [0.2, 0.25) is 5.02 Å². The van der Waals surface area contributed by atoms with Crippen LogP contribution in [0.5, 0.6) is 5.75 Å². The highest BCUT2D eigenvalue weighted by Crippen LogP contribution is 2.22. The van der Waals surface area contributed by atoms with Gasteiger partial charge in [-0.3, -0.25) is 0 Å². The molecule has 0 saturated heterocycles. The molecular weight excluding hydrogens is 278 g/mol. The topological polar surface area (TPSA) is 50.7 Å². The molecule has 1 aromatic rings. The number of rotatable bonds is 11. The van der Waals surface area contributed by atoms with Crippen LogP contribution in [0.25, 0.3) is 0 Å². The molecule has 20 heavy (non-hydrogen) atoms. The van der Waals surface area contributed by atoms with Gasteiger partial charge in [-0.05, 0) is 18.6 Å². The lowest BCUT2D eigenvalue weighted by atomic mass is 10.3. The molecule has 0 aromatic heterocycles. The molecule has 0 amide bonds. The minimum atomic E-state index is -0.584. The quantitative estimate of drug-likeness (QED) is 0.486. The Morgan fingerprint density at radius 1 is 1.35 bits per heavy atom. The molecule has 0 heterocycles. The van der Waals surface area contributed by atoms with Crippen molar-refractivity contribution in [3.63, 3.8) is 0 Å². The maximum absolute atomic E-state index is 9.76. The number of hydrogen-bond donors (Lipinski definition) is 2. The van der Waals surface area contributed by atoms with Crippen molar-refractivity contribution >= 4 is 11.6 Å². The van der Waals surface area contributed by atoms with E-state index < -0.39 is 6.10 Å². The van der Waals surface area contributed by atoms with Gasteiger partial charge in [0.05, 0.1) is 18.2 Å². The number of aliphatic hydroxyl groups excluding tert-OH is 1. The molecule has 5 heteroatoms. The second-order valence-corrected chi connectivity index (χ2v) is 4.70. The van der Waals surface area contributed by atoms with Crippen LogP contribution < -0.4 is 10.1 Å². The molecule has 2 N–H and O–H groups in total. The Hall–Kier alpha value is -1.07. The molecule has 0 spiro atoms. The molecule has 0 saturated carbocycles. The Morgan fingerprint density at radius 3 is 2.90 bits per heavy atom. The highest BCUT2D eigenvalue weighted by molar-refractivity contribution is 6.32. The van der Waals surface area contributed by atoms with Crippen molar-refractivity contribution in [2.45, 2.75) is 12.5 Å². The van der Waals surface area contributed by atoms with Crippen molar-refractivity contribution in [3.05, 3.63) is 41.9 Å². The number of ether oxygens (including phenoxy) is 2. The Balaban J connectivity index is 2.04. The van der Waals surface area contributed by atoms with Crippen molar-refractivity contribution in [2.75, 3.05) is 32.9 Å². The smallest absolute Gasteiger partial charge is 0.138 e. The van der Waals surface area contributed by atoms with Gasteiger partial charge >= 0.3 is 0 Å². The zero-order chi connectivity index (χ0) is 14.6. The summed E-state index contributed by atoms with van der Waals surface area (Å²) in [4.78, 5) is 0.